The highest BCUT2D eigenvalue weighted by atomic mass is 35.5. The molecular formula is C13H13ClFNO3S2. The van der Waals surface area contributed by atoms with Crippen molar-refractivity contribution in [1.82, 2.24) is 4.72 Å². The number of rotatable bonds is 6. The summed E-state index contributed by atoms with van der Waals surface area (Å²) in [4.78, 5) is -0.112. The molecule has 0 amide bonds. The average Bonchev–Trinajstić information content (AvgIpc) is 2.95. The van der Waals surface area contributed by atoms with Crippen molar-refractivity contribution in [2.24, 2.45) is 0 Å². The molecule has 0 spiro atoms. The molecule has 2 aromatic rings. The Kier molecular flexibility index (Phi) is 5.34. The first kappa shape index (κ1) is 16.4. The Labute approximate surface area is 131 Å². The van der Waals surface area contributed by atoms with Crippen LogP contribution < -0.4 is 4.72 Å². The van der Waals surface area contributed by atoms with Crippen molar-refractivity contribution in [2.75, 3.05) is 6.54 Å². The molecule has 21 heavy (non-hydrogen) atoms. The summed E-state index contributed by atoms with van der Waals surface area (Å²) in [5, 5.41) is 13.2. The Morgan fingerprint density at radius 2 is 2.14 bits per heavy atom. The minimum Gasteiger partial charge on any atom is -0.388 e. The molecule has 0 saturated carbocycles. The van der Waals surface area contributed by atoms with Gasteiger partial charge in [-0.05, 0) is 47.0 Å². The third-order valence-corrected chi connectivity index (χ3v) is 5.29. The number of nitrogens with one attached hydrogen (secondary N) is 1. The summed E-state index contributed by atoms with van der Waals surface area (Å²) < 4.78 is 39.4. The van der Waals surface area contributed by atoms with E-state index in [0.717, 1.165) is 23.8 Å². The lowest BCUT2D eigenvalue weighted by atomic mass is 10.1. The Morgan fingerprint density at radius 3 is 2.76 bits per heavy atom. The van der Waals surface area contributed by atoms with E-state index >= 15 is 0 Å². The van der Waals surface area contributed by atoms with Gasteiger partial charge in [0, 0.05) is 6.54 Å². The summed E-state index contributed by atoms with van der Waals surface area (Å²) in [5.74, 6) is -0.677. The summed E-state index contributed by atoms with van der Waals surface area (Å²) in [6.45, 7) is 0.0638. The van der Waals surface area contributed by atoms with Crippen molar-refractivity contribution in [1.29, 1.82) is 0 Å². The van der Waals surface area contributed by atoms with Gasteiger partial charge in [-0.3, -0.25) is 0 Å². The van der Waals surface area contributed by atoms with Gasteiger partial charge in [-0.25, -0.2) is 17.5 Å². The van der Waals surface area contributed by atoms with E-state index in [1.54, 1.807) is 11.4 Å². The molecule has 0 saturated heterocycles. The van der Waals surface area contributed by atoms with Gasteiger partial charge in [0.25, 0.3) is 0 Å². The minimum absolute atomic E-state index is 0.0638. The van der Waals surface area contributed by atoms with Crippen molar-refractivity contribution in [2.45, 2.75) is 17.4 Å². The molecule has 4 nitrogen and oxygen atoms in total. The largest absolute Gasteiger partial charge is 0.388 e. The molecule has 0 bridgehead atoms. The van der Waals surface area contributed by atoms with Crippen LogP contribution >= 0.6 is 22.9 Å². The quantitative estimate of drug-likeness (QED) is 0.842. The van der Waals surface area contributed by atoms with Gasteiger partial charge in [-0.15, -0.1) is 0 Å². The van der Waals surface area contributed by atoms with E-state index in [0.29, 0.717) is 0 Å². The van der Waals surface area contributed by atoms with Gasteiger partial charge in [0.2, 0.25) is 10.0 Å². The smallest absolute Gasteiger partial charge is 0.240 e. The van der Waals surface area contributed by atoms with Gasteiger partial charge in [-0.2, -0.15) is 11.3 Å². The zero-order valence-corrected chi connectivity index (χ0v) is 13.2. The normalized spacial score (nSPS) is 13.3. The molecule has 2 rings (SSSR count). The second-order valence-electron chi connectivity index (χ2n) is 4.33. The zero-order valence-electron chi connectivity index (χ0n) is 10.8. The number of thiophene rings is 1. The Morgan fingerprint density at radius 1 is 1.38 bits per heavy atom. The monoisotopic (exact) mass is 349 g/mol. The van der Waals surface area contributed by atoms with Gasteiger partial charge >= 0.3 is 0 Å². The van der Waals surface area contributed by atoms with Gasteiger partial charge in [0.1, 0.15) is 5.82 Å². The minimum atomic E-state index is -3.77. The van der Waals surface area contributed by atoms with Crippen molar-refractivity contribution >= 4 is 33.0 Å². The molecule has 0 fully saturated rings. The number of aliphatic hydroxyl groups is 1. The van der Waals surface area contributed by atoms with Crippen molar-refractivity contribution < 1.29 is 17.9 Å². The number of aliphatic hydroxyl groups excluding tert-OH is 1. The van der Waals surface area contributed by atoms with E-state index in [9.17, 15) is 17.9 Å². The summed E-state index contributed by atoms with van der Waals surface area (Å²) in [6.07, 6.45) is -0.485. The van der Waals surface area contributed by atoms with Crippen LogP contribution in [-0.2, 0) is 10.0 Å². The molecule has 1 aromatic carbocycles. The standard InChI is InChI=1S/C13H13ClFNO3S2/c14-11-7-10(1-2-12(11)15)21(18,19)16-5-3-13(17)9-4-6-20-8-9/h1-2,4,6-8,13,16-17H,3,5H2. The van der Waals surface area contributed by atoms with Crippen LogP contribution in [0.15, 0.2) is 39.9 Å². The highest BCUT2D eigenvalue weighted by molar-refractivity contribution is 7.89. The number of hydrogen-bond acceptors (Lipinski definition) is 4. The molecule has 1 atom stereocenters. The lowest BCUT2D eigenvalue weighted by molar-refractivity contribution is 0.169. The summed E-state index contributed by atoms with van der Waals surface area (Å²) >= 11 is 7.02. The van der Waals surface area contributed by atoms with E-state index in [4.69, 9.17) is 11.6 Å². The third-order valence-electron chi connectivity index (χ3n) is 2.84. The van der Waals surface area contributed by atoms with Crippen molar-refractivity contribution in [3.8, 4) is 0 Å². The van der Waals surface area contributed by atoms with Gasteiger partial charge < -0.3 is 5.11 Å². The molecular weight excluding hydrogens is 337 g/mol. The fourth-order valence-corrected chi connectivity index (χ4v) is 3.71. The first-order valence-corrected chi connectivity index (χ1v) is 8.85. The molecule has 0 aliphatic rings. The highest BCUT2D eigenvalue weighted by Gasteiger charge is 2.16. The number of sulfonamides is 1. The molecule has 1 aromatic heterocycles. The molecule has 0 radical (unpaired) electrons. The zero-order chi connectivity index (χ0) is 15.5. The second-order valence-corrected chi connectivity index (χ2v) is 7.29. The molecule has 114 valence electrons. The van der Waals surface area contributed by atoms with Gasteiger partial charge in [-0.1, -0.05) is 11.6 Å². The molecule has 8 heteroatoms. The third kappa shape index (κ3) is 4.24. The summed E-state index contributed by atoms with van der Waals surface area (Å²) in [7, 11) is -3.77. The maximum Gasteiger partial charge on any atom is 0.240 e. The lowest BCUT2D eigenvalue weighted by Gasteiger charge is -2.10. The van der Waals surface area contributed by atoms with Crippen molar-refractivity contribution in [3.63, 3.8) is 0 Å². The van der Waals surface area contributed by atoms with Crippen molar-refractivity contribution in [3.05, 3.63) is 51.4 Å². The first-order valence-electron chi connectivity index (χ1n) is 6.05. The van der Waals surface area contributed by atoms with Crippen LogP contribution in [0.2, 0.25) is 5.02 Å². The number of benzene rings is 1. The molecule has 1 unspecified atom stereocenters. The Balaban J connectivity index is 1.96. The van der Waals surface area contributed by atoms with E-state index in [2.05, 4.69) is 4.72 Å². The summed E-state index contributed by atoms with van der Waals surface area (Å²) in [6, 6.07) is 4.97. The SMILES string of the molecule is O=S(=O)(NCCC(O)c1ccsc1)c1ccc(F)c(Cl)c1. The second kappa shape index (κ2) is 6.85. The summed E-state index contributed by atoms with van der Waals surface area (Å²) in [5.41, 5.74) is 0.754. The van der Waals surface area contributed by atoms with Crippen LogP contribution in [0.25, 0.3) is 0 Å². The van der Waals surface area contributed by atoms with Crippen LogP contribution in [0.5, 0.6) is 0 Å². The van der Waals surface area contributed by atoms with E-state index < -0.39 is 21.9 Å². The Hall–Kier alpha value is -0.990. The highest BCUT2D eigenvalue weighted by Crippen LogP contribution is 2.21. The topological polar surface area (TPSA) is 66.4 Å². The van der Waals surface area contributed by atoms with E-state index in [1.807, 2.05) is 5.38 Å². The van der Waals surface area contributed by atoms with Crippen LogP contribution in [-0.4, -0.2) is 20.1 Å². The Bertz CT molecular complexity index is 704. The van der Waals surface area contributed by atoms with Gasteiger partial charge in [0.15, 0.2) is 0 Å². The maximum atomic E-state index is 13.0. The molecule has 1 heterocycles. The number of hydrogen-bond donors (Lipinski definition) is 2. The fourth-order valence-electron chi connectivity index (χ4n) is 1.69. The fraction of sp³-hybridized carbons (Fsp3) is 0.231. The first-order chi connectivity index (χ1) is 9.90. The molecule has 2 N–H and O–H groups in total. The van der Waals surface area contributed by atoms with Crippen LogP contribution in [0.4, 0.5) is 4.39 Å². The lowest BCUT2D eigenvalue weighted by Crippen LogP contribution is -2.26. The van der Waals surface area contributed by atoms with Crippen LogP contribution in [0.1, 0.15) is 18.1 Å². The molecule has 0 aliphatic heterocycles. The van der Waals surface area contributed by atoms with Crippen LogP contribution in [0.3, 0.4) is 0 Å². The van der Waals surface area contributed by atoms with Crippen LogP contribution in [0, 0.1) is 5.82 Å². The predicted molar refractivity (Wildman–Crippen MR) is 80.5 cm³/mol. The average molecular weight is 350 g/mol. The molecule has 0 aliphatic carbocycles. The maximum absolute atomic E-state index is 13.0. The van der Waals surface area contributed by atoms with E-state index in [-0.39, 0.29) is 22.9 Å². The predicted octanol–water partition coefficient (Wildman–Crippen LogP) is 2.94. The van der Waals surface area contributed by atoms with E-state index in [1.165, 1.54) is 11.3 Å². The number of halogens is 2. The van der Waals surface area contributed by atoms with Gasteiger partial charge in [0.05, 0.1) is 16.0 Å².